The van der Waals surface area contributed by atoms with Crippen LogP contribution in [0.5, 0.6) is 5.75 Å². The van der Waals surface area contributed by atoms with E-state index in [1.807, 2.05) is 79.7 Å². The van der Waals surface area contributed by atoms with Gasteiger partial charge in [-0.15, -0.1) is 0 Å². The highest BCUT2D eigenvalue weighted by molar-refractivity contribution is 5.92. The van der Waals surface area contributed by atoms with E-state index in [1.165, 1.54) is 12.1 Å². The van der Waals surface area contributed by atoms with E-state index in [1.54, 1.807) is 12.1 Å². The average molecular weight is 690 g/mol. The maximum atomic E-state index is 12.8. The Kier molecular flexibility index (Phi) is 11.4. The summed E-state index contributed by atoms with van der Waals surface area (Å²) in [5.74, 6) is -0.117. The number of phenols is 1. The number of hydrogen-bond donors (Lipinski definition) is 6. The van der Waals surface area contributed by atoms with Crippen molar-refractivity contribution in [3.63, 3.8) is 0 Å². The minimum Gasteiger partial charge on any atom is -0.506 e. The number of likely N-dealkylation sites (tertiary alicyclic amines) is 1. The fourth-order valence-electron chi connectivity index (χ4n) is 6.46. The highest BCUT2D eigenvalue weighted by Gasteiger charge is 2.23. The van der Waals surface area contributed by atoms with E-state index in [9.17, 15) is 24.6 Å². The van der Waals surface area contributed by atoms with Gasteiger partial charge < -0.3 is 35.5 Å². The third kappa shape index (κ3) is 9.20. The van der Waals surface area contributed by atoms with Gasteiger partial charge in [0.15, 0.2) is 0 Å². The second-order valence-electron chi connectivity index (χ2n) is 12.9. The molecule has 0 bridgehead atoms. The van der Waals surface area contributed by atoms with Gasteiger partial charge in [0, 0.05) is 61.8 Å². The van der Waals surface area contributed by atoms with Crippen LogP contribution in [-0.2, 0) is 16.1 Å². The lowest BCUT2D eigenvalue weighted by Crippen LogP contribution is -2.39. The van der Waals surface area contributed by atoms with Gasteiger partial charge in [-0.3, -0.25) is 14.9 Å². The minimum atomic E-state index is -0.857. The number of carbonyl (C=O) groups excluding carboxylic acids is 2. The van der Waals surface area contributed by atoms with E-state index in [2.05, 4.69) is 25.8 Å². The molecule has 1 saturated heterocycles. The molecule has 1 aromatic heterocycles. The molecular formula is C40H43N5O6. The number of aromatic hydroxyl groups is 1. The summed E-state index contributed by atoms with van der Waals surface area (Å²) in [6.45, 7) is 4.80. The van der Waals surface area contributed by atoms with Gasteiger partial charge in [0.05, 0.1) is 17.3 Å². The molecule has 0 aliphatic carbocycles. The van der Waals surface area contributed by atoms with Crippen LogP contribution in [0.15, 0.2) is 102 Å². The van der Waals surface area contributed by atoms with Crippen LogP contribution in [0, 0.1) is 6.92 Å². The second-order valence-corrected chi connectivity index (χ2v) is 12.9. The molecule has 2 heterocycles. The summed E-state index contributed by atoms with van der Waals surface area (Å²) in [5.41, 5.74) is 5.90. The van der Waals surface area contributed by atoms with Crippen LogP contribution in [0.1, 0.15) is 42.1 Å². The number of aliphatic hydroxyl groups excluding tert-OH is 1. The number of ether oxygens (including phenoxy) is 1. The summed E-state index contributed by atoms with van der Waals surface area (Å²) < 4.78 is 5.75. The Balaban J connectivity index is 0.906. The number of benzene rings is 4. The summed E-state index contributed by atoms with van der Waals surface area (Å²) in [6, 6.07) is 29.4. The summed E-state index contributed by atoms with van der Waals surface area (Å²) in [7, 11) is 0. The third-order valence-corrected chi connectivity index (χ3v) is 9.21. The molecular weight excluding hydrogens is 646 g/mol. The number of nitrogens with one attached hydrogen (secondary N) is 4. The summed E-state index contributed by atoms with van der Waals surface area (Å²) in [5, 5.41) is 30.7. The highest BCUT2D eigenvalue weighted by Crippen LogP contribution is 2.30. The number of H-pyrrole nitrogens is 1. The zero-order valence-electron chi connectivity index (χ0n) is 28.5. The zero-order valence-corrected chi connectivity index (χ0v) is 28.5. The molecule has 0 saturated carbocycles. The largest absolute Gasteiger partial charge is 0.506 e. The number of carbonyl (C=O) groups is 2. The van der Waals surface area contributed by atoms with Crippen molar-refractivity contribution in [2.45, 2.75) is 44.9 Å². The van der Waals surface area contributed by atoms with Crippen molar-refractivity contribution < 1.29 is 24.5 Å². The van der Waals surface area contributed by atoms with Crippen molar-refractivity contribution in [3.05, 3.63) is 124 Å². The van der Waals surface area contributed by atoms with Gasteiger partial charge >= 0.3 is 6.09 Å². The Morgan fingerprint density at radius 1 is 0.922 bits per heavy atom. The molecule has 1 atom stereocenters. The van der Waals surface area contributed by atoms with Crippen molar-refractivity contribution in [3.8, 4) is 16.9 Å². The number of aromatic amines is 1. The van der Waals surface area contributed by atoms with E-state index in [4.69, 9.17) is 4.74 Å². The van der Waals surface area contributed by atoms with Gasteiger partial charge in [-0.2, -0.15) is 0 Å². The van der Waals surface area contributed by atoms with Gasteiger partial charge in [0.1, 0.15) is 11.9 Å². The van der Waals surface area contributed by atoms with Crippen molar-refractivity contribution in [2.24, 2.45) is 0 Å². The average Bonchev–Trinajstić information content (AvgIpc) is 3.13. The highest BCUT2D eigenvalue weighted by atomic mass is 16.6. The topological polar surface area (TPSA) is 156 Å². The SMILES string of the molecule is Cc1cc(CNCC(O)c2ccc(O)c3[nH]c(=O)ccc23)ccc1NC(=O)CCN1CCC(OC(=O)Nc2ccccc2-c2ccccc2)CC1. The number of anilines is 2. The summed E-state index contributed by atoms with van der Waals surface area (Å²) >= 11 is 0. The van der Waals surface area contributed by atoms with E-state index in [-0.39, 0.29) is 29.9 Å². The molecule has 264 valence electrons. The predicted octanol–water partition coefficient (Wildman–Crippen LogP) is 6.07. The molecule has 0 spiro atoms. The van der Waals surface area contributed by atoms with Crippen molar-refractivity contribution >= 4 is 34.3 Å². The Bertz CT molecular complexity index is 2040. The summed E-state index contributed by atoms with van der Waals surface area (Å²) in [4.78, 5) is 42.1. The predicted molar refractivity (Wildman–Crippen MR) is 199 cm³/mol. The number of piperidine rings is 1. The van der Waals surface area contributed by atoms with Crippen LogP contribution < -0.4 is 21.5 Å². The number of rotatable bonds is 12. The smallest absolute Gasteiger partial charge is 0.411 e. The Labute approximate surface area is 296 Å². The molecule has 11 heteroatoms. The van der Waals surface area contributed by atoms with Crippen LogP contribution in [0.25, 0.3) is 22.0 Å². The van der Waals surface area contributed by atoms with E-state index in [0.717, 1.165) is 41.0 Å². The van der Waals surface area contributed by atoms with E-state index < -0.39 is 12.2 Å². The van der Waals surface area contributed by atoms with Crippen LogP contribution in [0.2, 0.25) is 0 Å². The molecule has 6 N–H and O–H groups in total. The molecule has 1 aliphatic rings. The molecule has 6 rings (SSSR count). The molecule has 4 aromatic carbocycles. The van der Waals surface area contributed by atoms with Gasteiger partial charge in [0.2, 0.25) is 11.5 Å². The van der Waals surface area contributed by atoms with Gasteiger partial charge in [-0.05, 0) is 66.3 Å². The first-order valence-electron chi connectivity index (χ1n) is 17.2. The Morgan fingerprint density at radius 2 is 1.69 bits per heavy atom. The Hall–Kier alpha value is -5.49. The number of pyridine rings is 1. The molecule has 0 radical (unpaired) electrons. The first kappa shape index (κ1) is 35.3. The van der Waals surface area contributed by atoms with Crippen molar-refractivity contribution in [2.75, 3.05) is 36.8 Å². The fraction of sp³-hybridized carbons (Fsp3) is 0.275. The number of aryl methyl sites for hydroxylation is 1. The minimum absolute atomic E-state index is 0.0512. The van der Waals surface area contributed by atoms with Crippen molar-refractivity contribution in [1.82, 2.24) is 15.2 Å². The molecule has 5 aromatic rings. The zero-order chi connectivity index (χ0) is 35.7. The first-order chi connectivity index (χ1) is 24.7. The number of amides is 2. The standard InChI is InChI=1S/C40H43N5O6/c1-26-23-27(24-41-25-36(47)31-12-15-35(46)39-32(31)13-16-37(48)44-39)11-14-33(26)42-38(49)19-22-45-20-17-29(18-21-45)51-40(50)43-34-10-6-5-9-30(34)28-7-3-2-4-8-28/h2-16,23,29,36,41,46-47H,17-22,24-25H2,1H3,(H,42,49)(H,43,50)(H,44,48). The normalized spacial score (nSPS) is 14.2. The monoisotopic (exact) mass is 689 g/mol. The third-order valence-electron chi connectivity index (χ3n) is 9.21. The van der Waals surface area contributed by atoms with Crippen LogP contribution in [0.4, 0.5) is 16.2 Å². The number of fused-ring (bicyclic) bond motifs is 1. The van der Waals surface area contributed by atoms with Crippen LogP contribution in [0.3, 0.4) is 0 Å². The maximum Gasteiger partial charge on any atom is 0.411 e. The second kappa shape index (κ2) is 16.5. The molecule has 1 fully saturated rings. The van der Waals surface area contributed by atoms with Gasteiger partial charge in [-0.25, -0.2) is 4.79 Å². The molecule has 11 nitrogen and oxygen atoms in total. The van der Waals surface area contributed by atoms with Crippen LogP contribution in [-0.4, -0.2) is 64.4 Å². The maximum absolute atomic E-state index is 12.8. The van der Waals surface area contributed by atoms with E-state index in [0.29, 0.717) is 54.5 Å². The number of aliphatic hydroxyl groups is 1. The number of para-hydroxylation sites is 1. The first-order valence-corrected chi connectivity index (χ1v) is 17.2. The molecule has 1 aliphatic heterocycles. The van der Waals surface area contributed by atoms with Gasteiger partial charge in [-0.1, -0.05) is 66.7 Å². The lowest BCUT2D eigenvalue weighted by Gasteiger charge is -2.31. The number of phenolic OH excluding ortho intramolecular Hbond substituents is 1. The number of hydrogen-bond acceptors (Lipinski definition) is 8. The number of aromatic nitrogens is 1. The van der Waals surface area contributed by atoms with Gasteiger partial charge in [0.25, 0.3) is 0 Å². The quantitative estimate of drug-likeness (QED) is 0.0922. The van der Waals surface area contributed by atoms with Crippen LogP contribution >= 0.6 is 0 Å². The Morgan fingerprint density at radius 3 is 2.47 bits per heavy atom. The lowest BCUT2D eigenvalue weighted by molar-refractivity contribution is -0.116. The van der Waals surface area contributed by atoms with Crippen molar-refractivity contribution in [1.29, 1.82) is 0 Å². The lowest BCUT2D eigenvalue weighted by atomic mass is 10.0. The molecule has 51 heavy (non-hydrogen) atoms. The molecule has 2 amide bonds. The van der Waals surface area contributed by atoms with E-state index >= 15 is 0 Å². The number of nitrogens with zero attached hydrogens (tertiary/aromatic N) is 1. The summed E-state index contributed by atoms with van der Waals surface area (Å²) in [6.07, 6.45) is 0.249. The fourth-order valence-corrected chi connectivity index (χ4v) is 6.46. The molecule has 1 unspecified atom stereocenters.